The van der Waals surface area contributed by atoms with Gasteiger partial charge in [0.25, 0.3) is 5.91 Å². The lowest BCUT2D eigenvalue weighted by atomic mass is 9.78. The summed E-state index contributed by atoms with van der Waals surface area (Å²) in [6.45, 7) is 4.55. The van der Waals surface area contributed by atoms with Crippen LogP contribution in [0.15, 0.2) is 54.6 Å². The first kappa shape index (κ1) is 15.8. The topological polar surface area (TPSA) is 29.1 Å². The molecular weight excluding hydrogens is 282 g/mol. The molecule has 0 radical (unpaired) electrons. The minimum absolute atomic E-state index is 0.0514. The van der Waals surface area contributed by atoms with Gasteiger partial charge < -0.3 is 5.32 Å². The molecule has 2 aromatic rings. The highest BCUT2D eigenvalue weighted by atomic mass is 16.1. The van der Waals surface area contributed by atoms with Gasteiger partial charge in [0, 0.05) is 11.6 Å². The van der Waals surface area contributed by atoms with E-state index >= 15 is 0 Å². The normalized spacial score (nSPS) is 24.2. The minimum Gasteiger partial charge on any atom is -0.349 e. The predicted molar refractivity (Wildman–Crippen MR) is 95.3 cm³/mol. The van der Waals surface area contributed by atoms with Gasteiger partial charge in [-0.05, 0) is 41.5 Å². The largest absolute Gasteiger partial charge is 0.349 e. The molecule has 0 heterocycles. The van der Waals surface area contributed by atoms with Crippen molar-refractivity contribution in [1.82, 2.24) is 5.32 Å². The van der Waals surface area contributed by atoms with Crippen molar-refractivity contribution in [2.75, 3.05) is 0 Å². The van der Waals surface area contributed by atoms with Gasteiger partial charge in [-0.2, -0.15) is 0 Å². The van der Waals surface area contributed by atoms with Crippen molar-refractivity contribution in [2.45, 2.75) is 39.2 Å². The maximum absolute atomic E-state index is 12.5. The molecule has 3 atom stereocenters. The fourth-order valence-electron chi connectivity index (χ4n) is 3.48. The van der Waals surface area contributed by atoms with E-state index in [1.807, 2.05) is 42.5 Å². The zero-order valence-electron chi connectivity index (χ0n) is 14.0. The van der Waals surface area contributed by atoms with Crippen LogP contribution in [0.4, 0.5) is 0 Å². The first-order valence-electron chi connectivity index (χ1n) is 8.61. The summed E-state index contributed by atoms with van der Waals surface area (Å²) in [4.78, 5) is 12.5. The van der Waals surface area contributed by atoms with Gasteiger partial charge in [0.1, 0.15) is 0 Å². The van der Waals surface area contributed by atoms with Gasteiger partial charge in [0.15, 0.2) is 0 Å². The molecule has 1 aliphatic rings. The highest BCUT2D eigenvalue weighted by molar-refractivity contribution is 5.94. The lowest BCUT2D eigenvalue weighted by Gasteiger charge is -2.34. The van der Waals surface area contributed by atoms with Gasteiger partial charge in [-0.25, -0.2) is 0 Å². The molecule has 1 N–H and O–H groups in total. The quantitative estimate of drug-likeness (QED) is 0.858. The predicted octanol–water partition coefficient (Wildman–Crippen LogP) is 4.91. The molecule has 0 aromatic heterocycles. The molecular formula is C21H25NO. The number of benzene rings is 2. The number of hydrogen-bond acceptors (Lipinski definition) is 1. The molecule has 1 fully saturated rings. The molecule has 0 unspecified atom stereocenters. The van der Waals surface area contributed by atoms with Gasteiger partial charge in [-0.3, -0.25) is 4.79 Å². The monoisotopic (exact) mass is 307 g/mol. The highest BCUT2D eigenvalue weighted by Gasteiger charge is 2.28. The molecule has 0 bridgehead atoms. The zero-order valence-corrected chi connectivity index (χ0v) is 14.0. The Balaban J connectivity index is 1.68. The van der Waals surface area contributed by atoms with E-state index < -0.39 is 0 Å². The average molecular weight is 307 g/mol. The van der Waals surface area contributed by atoms with Crippen LogP contribution in [0.3, 0.4) is 0 Å². The third-order valence-electron chi connectivity index (χ3n) is 5.28. The van der Waals surface area contributed by atoms with Gasteiger partial charge in [-0.1, -0.05) is 69.2 Å². The summed E-state index contributed by atoms with van der Waals surface area (Å²) < 4.78 is 0. The smallest absolute Gasteiger partial charge is 0.251 e. The second-order valence-corrected chi connectivity index (χ2v) is 6.79. The molecule has 2 aromatic carbocycles. The maximum Gasteiger partial charge on any atom is 0.251 e. The fourth-order valence-corrected chi connectivity index (χ4v) is 3.48. The maximum atomic E-state index is 12.5. The Labute approximate surface area is 138 Å². The molecule has 1 saturated carbocycles. The van der Waals surface area contributed by atoms with Crippen LogP contribution < -0.4 is 5.32 Å². The molecule has 1 amide bonds. The van der Waals surface area contributed by atoms with E-state index in [4.69, 9.17) is 0 Å². The average Bonchev–Trinajstić information content (AvgIpc) is 2.60. The van der Waals surface area contributed by atoms with Crippen LogP contribution in [-0.4, -0.2) is 11.9 Å². The van der Waals surface area contributed by atoms with Gasteiger partial charge in [0.2, 0.25) is 0 Å². The Morgan fingerprint density at radius 3 is 2.26 bits per heavy atom. The number of hydrogen-bond donors (Lipinski definition) is 1. The summed E-state index contributed by atoms with van der Waals surface area (Å²) in [6.07, 6.45) is 3.59. The summed E-state index contributed by atoms with van der Waals surface area (Å²) in [5, 5.41) is 3.24. The number of nitrogens with one attached hydrogen (secondary N) is 1. The van der Waals surface area contributed by atoms with Crippen molar-refractivity contribution >= 4 is 5.91 Å². The second-order valence-electron chi connectivity index (χ2n) is 6.79. The van der Waals surface area contributed by atoms with E-state index in [-0.39, 0.29) is 5.91 Å². The van der Waals surface area contributed by atoms with E-state index in [1.165, 1.54) is 18.4 Å². The number of carbonyl (C=O) groups excluding carboxylic acids is 1. The van der Waals surface area contributed by atoms with Crippen LogP contribution in [-0.2, 0) is 0 Å². The molecule has 0 aliphatic heterocycles. The fraction of sp³-hybridized carbons (Fsp3) is 0.381. The molecule has 120 valence electrons. The zero-order chi connectivity index (χ0) is 16.2. The van der Waals surface area contributed by atoms with Crippen LogP contribution in [0, 0.1) is 11.8 Å². The first-order valence-corrected chi connectivity index (χ1v) is 8.61. The van der Waals surface area contributed by atoms with Crippen LogP contribution in [0.2, 0.25) is 0 Å². The number of rotatable bonds is 3. The second kappa shape index (κ2) is 6.99. The summed E-state index contributed by atoms with van der Waals surface area (Å²) in [7, 11) is 0. The van der Waals surface area contributed by atoms with E-state index in [1.54, 1.807) is 0 Å². The van der Waals surface area contributed by atoms with Crippen LogP contribution in [0.5, 0.6) is 0 Å². The van der Waals surface area contributed by atoms with Gasteiger partial charge >= 0.3 is 0 Å². The van der Waals surface area contributed by atoms with Crippen LogP contribution >= 0.6 is 0 Å². The van der Waals surface area contributed by atoms with Crippen molar-refractivity contribution in [1.29, 1.82) is 0 Å². The van der Waals surface area contributed by atoms with Crippen LogP contribution in [0.1, 0.15) is 43.5 Å². The third-order valence-corrected chi connectivity index (χ3v) is 5.28. The molecule has 2 heteroatoms. The summed E-state index contributed by atoms with van der Waals surface area (Å²) in [5.74, 6) is 1.29. The first-order chi connectivity index (χ1) is 11.1. The third kappa shape index (κ3) is 3.64. The van der Waals surface area contributed by atoms with Crippen LogP contribution in [0.25, 0.3) is 11.1 Å². The molecule has 0 spiro atoms. The SMILES string of the molecule is C[C@@H]1[C@H](C)CCC[C@@H]1NC(=O)c1ccc(-c2ccccc2)cc1. The van der Waals surface area contributed by atoms with Crippen molar-refractivity contribution in [3.05, 3.63) is 60.2 Å². The van der Waals surface area contributed by atoms with Crippen molar-refractivity contribution < 1.29 is 4.79 Å². The number of amides is 1. The Morgan fingerprint density at radius 1 is 0.913 bits per heavy atom. The van der Waals surface area contributed by atoms with E-state index in [2.05, 4.69) is 31.3 Å². The Bertz CT molecular complexity index is 647. The molecule has 0 saturated heterocycles. The van der Waals surface area contributed by atoms with Gasteiger partial charge in [0.05, 0.1) is 0 Å². The Morgan fingerprint density at radius 2 is 1.57 bits per heavy atom. The summed E-state index contributed by atoms with van der Waals surface area (Å²) in [6, 6.07) is 18.4. The Kier molecular flexibility index (Phi) is 4.80. The highest BCUT2D eigenvalue weighted by Crippen LogP contribution is 2.29. The summed E-state index contributed by atoms with van der Waals surface area (Å²) in [5.41, 5.74) is 3.06. The number of carbonyl (C=O) groups is 1. The van der Waals surface area contributed by atoms with E-state index in [0.29, 0.717) is 17.9 Å². The standard InChI is InChI=1S/C21H25NO/c1-15-7-6-10-20(16(15)2)22-21(23)19-13-11-18(12-14-19)17-8-4-3-5-9-17/h3-5,8-9,11-16,20H,6-7,10H2,1-2H3,(H,22,23)/t15-,16-,20+/m1/s1. The van der Waals surface area contributed by atoms with Crippen molar-refractivity contribution in [3.8, 4) is 11.1 Å². The molecule has 23 heavy (non-hydrogen) atoms. The summed E-state index contributed by atoms with van der Waals surface area (Å²) >= 11 is 0. The van der Waals surface area contributed by atoms with Crippen molar-refractivity contribution in [2.24, 2.45) is 11.8 Å². The molecule has 3 rings (SSSR count). The Hall–Kier alpha value is -2.09. The lowest BCUT2D eigenvalue weighted by Crippen LogP contribution is -2.43. The van der Waals surface area contributed by atoms with E-state index in [9.17, 15) is 4.79 Å². The van der Waals surface area contributed by atoms with E-state index in [0.717, 1.165) is 17.5 Å². The molecule has 2 nitrogen and oxygen atoms in total. The molecule has 1 aliphatic carbocycles. The lowest BCUT2D eigenvalue weighted by molar-refractivity contribution is 0.0891. The van der Waals surface area contributed by atoms with Gasteiger partial charge in [-0.15, -0.1) is 0 Å². The van der Waals surface area contributed by atoms with Crippen molar-refractivity contribution in [3.63, 3.8) is 0 Å². The minimum atomic E-state index is 0.0514.